The lowest BCUT2D eigenvalue weighted by Gasteiger charge is -2.43. The summed E-state index contributed by atoms with van der Waals surface area (Å²) in [6.07, 6.45) is 7.16. The smallest absolute Gasteiger partial charge is 0.220 e. The van der Waals surface area contributed by atoms with Crippen molar-refractivity contribution in [1.82, 2.24) is 19.1 Å². The molecule has 2 atom stereocenters. The van der Waals surface area contributed by atoms with Gasteiger partial charge in [-0.05, 0) is 63.6 Å². The molecule has 192 valence electrons. The zero-order valence-electron chi connectivity index (χ0n) is 20.9. The first-order valence-corrected chi connectivity index (χ1v) is 14.1. The fourth-order valence-corrected chi connectivity index (χ4v) is 7.78. The Morgan fingerprint density at radius 3 is 2.39 bits per heavy atom. The maximum Gasteiger partial charge on any atom is 0.220 e. The number of hydrogen-bond donors (Lipinski definition) is 0. The number of sulfonamides is 1. The molecule has 2 aromatic carbocycles. The Kier molecular flexibility index (Phi) is 6.87. The molecule has 0 aliphatic carbocycles. The van der Waals surface area contributed by atoms with Crippen LogP contribution in [0.5, 0.6) is 0 Å². The molecule has 1 aromatic heterocycles. The highest BCUT2D eigenvalue weighted by molar-refractivity contribution is 7.90. The minimum absolute atomic E-state index is 0.0513. The molecule has 36 heavy (non-hydrogen) atoms. The molecule has 0 N–H and O–H groups in total. The number of nitrogens with zero attached hydrogens (tertiary/aromatic N) is 5. The van der Waals surface area contributed by atoms with Gasteiger partial charge in [0.15, 0.2) is 0 Å². The van der Waals surface area contributed by atoms with Crippen molar-refractivity contribution in [3.8, 4) is 0 Å². The molecule has 2 aliphatic rings. The maximum atomic E-state index is 15.3. The third-order valence-corrected chi connectivity index (χ3v) is 10.7. The van der Waals surface area contributed by atoms with Crippen molar-refractivity contribution in [3.05, 3.63) is 78.1 Å². The predicted molar refractivity (Wildman–Crippen MR) is 139 cm³/mol. The normalized spacial score (nSPS) is 25.2. The van der Waals surface area contributed by atoms with Crippen molar-refractivity contribution < 1.29 is 12.8 Å². The average molecular weight is 512 g/mol. The molecule has 0 amide bonds. The monoisotopic (exact) mass is 511 g/mol. The van der Waals surface area contributed by atoms with Crippen LogP contribution in [-0.2, 0) is 23.0 Å². The van der Waals surface area contributed by atoms with Gasteiger partial charge in [-0.1, -0.05) is 36.4 Å². The summed E-state index contributed by atoms with van der Waals surface area (Å²) in [4.78, 5) is 2.19. The van der Waals surface area contributed by atoms with Gasteiger partial charge >= 0.3 is 0 Å². The molecule has 9 heteroatoms. The van der Waals surface area contributed by atoms with Crippen LogP contribution in [0.25, 0.3) is 0 Å². The van der Waals surface area contributed by atoms with Crippen LogP contribution in [0, 0.1) is 5.82 Å². The highest BCUT2D eigenvalue weighted by Gasteiger charge is 2.48. The van der Waals surface area contributed by atoms with E-state index in [1.54, 1.807) is 24.8 Å². The number of benzene rings is 2. The van der Waals surface area contributed by atoms with Gasteiger partial charge in [-0.2, -0.15) is 4.31 Å². The molecule has 2 aliphatic heterocycles. The second-order valence-corrected chi connectivity index (χ2v) is 12.9. The van der Waals surface area contributed by atoms with Crippen molar-refractivity contribution in [1.29, 1.82) is 0 Å². The van der Waals surface area contributed by atoms with Gasteiger partial charge in [0.05, 0.1) is 4.75 Å². The fraction of sp³-hybridized carbons (Fsp3) is 0.481. The van der Waals surface area contributed by atoms with Crippen LogP contribution < -0.4 is 4.90 Å². The van der Waals surface area contributed by atoms with E-state index in [0.29, 0.717) is 24.4 Å². The van der Waals surface area contributed by atoms with Gasteiger partial charge in [-0.25, -0.2) is 12.8 Å². The SMILES string of the molecule is C[C@H]1CC[C@@](C)(Cc2ccccc2)S(=O)(=O)N1Cc1ccc(N2CCC(n3cnnc3)CC2)cc1F. The minimum Gasteiger partial charge on any atom is -0.371 e. The standard InChI is InChI=1S/C27H34FN5O2S/c1-21-10-13-27(2,17-22-6-4-3-5-7-22)36(34,35)33(21)18-23-8-9-25(16-26(23)28)31-14-11-24(12-15-31)32-19-29-30-20-32/h3-9,16,19-21,24H,10-15,17-18H2,1-2H3/t21-,27-/m0/s1. The highest BCUT2D eigenvalue weighted by atomic mass is 32.2. The molecule has 0 radical (unpaired) electrons. The summed E-state index contributed by atoms with van der Waals surface area (Å²) in [6.45, 7) is 5.44. The summed E-state index contributed by atoms with van der Waals surface area (Å²) >= 11 is 0. The van der Waals surface area contributed by atoms with Crippen LogP contribution in [0.3, 0.4) is 0 Å². The Morgan fingerprint density at radius 2 is 1.72 bits per heavy atom. The molecule has 0 unspecified atom stereocenters. The summed E-state index contributed by atoms with van der Waals surface area (Å²) in [7, 11) is -3.64. The van der Waals surface area contributed by atoms with E-state index in [-0.39, 0.29) is 18.4 Å². The number of aromatic nitrogens is 3. The zero-order valence-corrected chi connectivity index (χ0v) is 21.7. The van der Waals surface area contributed by atoms with E-state index in [0.717, 1.165) is 43.6 Å². The van der Waals surface area contributed by atoms with Gasteiger partial charge in [0.2, 0.25) is 10.0 Å². The van der Waals surface area contributed by atoms with Gasteiger partial charge in [-0.15, -0.1) is 10.2 Å². The lowest BCUT2D eigenvalue weighted by Crippen LogP contribution is -2.55. The van der Waals surface area contributed by atoms with Crippen molar-refractivity contribution in [2.24, 2.45) is 0 Å². The molecule has 7 nitrogen and oxygen atoms in total. The second-order valence-electron chi connectivity index (χ2n) is 10.5. The van der Waals surface area contributed by atoms with Crippen molar-refractivity contribution in [2.45, 2.75) is 69.3 Å². The van der Waals surface area contributed by atoms with E-state index in [1.165, 1.54) is 4.31 Å². The Balaban J connectivity index is 1.30. The second kappa shape index (κ2) is 9.94. The van der Waals surface area contributed by atoms with Gasteiger partial charge in [-0.3, -0.25) is 0 Å². The number of hydrogen-bond acceptors (Lipinski definition) is 5. The number of anilines is 1. The average Bonchev–Trinajstić information content (AvgIpc) is 3.41. The summed E-state index contributed by atoms with van der Waals surface area (Å²) in [5.74, 6) is -0.355. The Morgan fingerprint density at radius 1 is 1.03 bits per heavy atom. The Hall–Kier alpha value is -2.78. The first kappa shape index (κ1) is 24.9. The van der Waals surface area contributed by atoms with Crippen LogP contribution in [0.15, 0.2) is 61.2 Å². The summed E-state index contributed by atoms with van der Waals surface area (Å²) in [6, 6.07) is 15.1. The number of rotatable bonds is 6. The maximum absolute atomic E-state index is 15.3. The van der Waals surface area contributed by atoms with Crippen LogP contribution >= 0.6 is 0 Å². The molecule has 0 spiro atoms. The van der Waals surface area contributed by atoms with E-state index in [2.05, 4.69) is 15.1 Å². The molecule has 2 fully saturated rings. The lowest BCUT2D eigenvalue weighted by molar-refractivity contribution is 0.254. The lowest BCUT2D eigenvalue weighted by atomic mass is 9.93. The number of piperidine rings is 1. The Bertz CT molecular complexity index is 1280. The molecule has 3 heterocycles. The summed E-state index contributed by atoms with van der Waals surface area (Å²) in [5, 5.41) is 7.78. The van der Waals surface area contributed by atoms with E-state index in [9.17, 15) is 8.42 Å². The molecule has 0 saturated carbocycles. The van der Waals surface area contributed by atoms with Crippen LogP contribution in [-0.4, -0.2) is 51.4 Å². The first-order chi connectivity index (χ1) is 17.3. The highest BCUT2D eigenvalue weighted by Crippen LogP contribution is 2.39. The molecule has 2 saturated heterocycles. The molecule has 0 bridgehead atoms. The van der Waals surface area contributed by atoms with Gasteiger partial charge < -0.3 is 9.47 Å². The van der Waals surface area contributed by atoms with Crippen LogP contribution in [0.1, 0.15) is 56.7 Å². The van der Waals surface area contributed by atoms with Crippen molar-refractivity contribution in [2.75, 3.05) is 18.0 Å². The van der Waals surface area contributed by atoms with E-state index < -0.39 is 14.8 Å². The van der Waals surface area contributed by atoms with Crippen molar-refractivity contribution in [3.63, 3.8) is 0 Å². The van der Waals surface area contributed by atoms with Gasteiger partial charge in [0, 0.05) is 43.0 Å². The quantitative estimate of drug-likeness (QED) is 0.485. The third kappa shape index (κ3) is 4.78. The summed E-state index contributed by atoms with van der Waals surface area (Å²) in [5.41, 5.74) is 2.25. The largest absolute Gasteiger partial charge is 0.371 e. The number of halogens is 1. The van der Waals surface area contributed by atoms with Crippen LogP contribution in [0.2, 0.25) is 0 Å². The van der Waals surface area contributed by atoms with Crippen molar-refractivity contribution >= 4 is 15.7 Å². The molecule has 5 rings (SSSR count). The third-order valence-electron chi connectivity index (χ3n) is 7.99. The molecular formula is C27H34FN5O2S. The minimum atomic E-state index is -3.64. The molecular weight excluding hydrogens is 477 g/mol. The summed E-state index contributed by atoms with van der Waals surface area (Å²) < 4.78 is 45.5. The topological polar surface area (TPSA) is 71.3 Å². The van der Waals surface area contributed by atoms with Crippen LogP contribution in [0.4, 0.5) is 10.1 Å². The van der Waals surface area contributed by atoms with E-state index in [1.807, 2.05) is 54.8 Å². The molecule has 3 aromatic rings. The fourth-order valence-electron chi connectivity index (χ4n) is 5.60. The Labute approximate surface area is 213 Å². The van der Waals surface area contributed by atoms with Gasteiger partial charge in [0.25, 0.3) is 0 Å². The predicted octanol–water partition coefficient (Wildman–Crippen LogP) is 4.57. The zero-order chi connectivity index (χ0) is 25.3. The van der Waals surface area contributed by atoms with Gasteiger partial charge in [0.1, 0.15) is 18.5 Å². The van der Waals surface area contributed by atoms with E-state index >= 15 is 4.39 Å². The van der Waals surface area contributed by atoms with E-state index in [4.69, 9.17) is 0 Å². The first-order valence-electron chi connectivity index (χ1n) is 12.7.